The van der Waals surface area contributed by atoms with Gasteiger partial charge in [-0.15, -0.1) is 5.10 Å². The van der Waals surface area contributed by atoms with Gasteiger partial charge in [-0.2, -0.15) is 17.9 Å². The van der Waals surface area contributed by atoms with E-state index in [4.69, 9.17) is 5.14 Å². The highest BCUT2D eigenvalue weighted by molar-refractivity contribution is 7.89. The van der Waals surface area contributed by atoms with E-state index >= 15 is 4.39 Å². The van der Waals surface area contributed by atoms with Crippen LogP contribution < -0.4 is 16.1 Å². The Balaban J connectivity index is 1.81. The number of amides is 1. The minimum Gasteiger partial charge on any atom is -0.326 e. The predicted octanol–water partition coefficient (Wildman–Crippen LogP) is 5.25. The fourth-order valence-electron chi connectivity index (χ4n) is 4.51. The summed E-state index contributed by atoms with van der Waals surface area (Å²) in [5, 5.41) is 12.0. The molecule has 1 heterocycles. The molecule has 0 unspecified atom stereocenters. The fourth-order valence-corrected chi connectivity index (χ4v) is 5.27. The number of primary sulfonamides is 1. The van der Waals surface area contributed by atoms with Gasteiger partial charge in [0, 0.05) is 29.7 Å². The number of rotatable bonds is 10. The molecule has 0 aliphatic heterocycles. The number of unbranched alkanes of at least 4 members (excludes halogenated alkanes) is 1. The maximum atomic E-state index is 15.4. The van der Waals surface area contributed by atoms with Gasteiger partial charge in [0.2, 0.25) is 15.9 Å². The van der Waals surface area contributed by atoms with Crippen molar-refractivity contribution in [3.63, 3.8) is 0 Å². The highest BCUT2D eigenvalue weighted by Gasteiger charge is 2.35. The van der Waals surface area contributed by atoms with E-state index in [0.29, 0.717) is 17.5 Å². The zero-order valence-corrected chi connectivity index (χ0v) is 24.1. The number of nitrogens with two attached hydrogens (primary N) is 1. The third kappa shape index (κ3) is 7.03. The van der Waals surface area contributed by atoms with Crippen molar-refractivity contribution < 1.29 is 30.8 Å². The first-order valence-corrected chi connectivity index (χ1v) is 14.9. The van der Waals surface area contributed by atoms with E-state index in [1.165, 1.54) is 30.3 Å². The van der Waals surface area contributed by atoms with E-state index in [0.717, 1.165) is 28.8 Å². The highest BCUT2D eigenvalue weighted by Crippen LogP contribution is 2.35. The van der Waals surface area contributed by atoms with Crippen LogP contribution in [-0.2, 0) is 34.0 Å². The number of sulfonamides is 1. The average molecular weight is 620 g/mol. The Hall–Kier alpha value is -4.30. The van der Waals surface area contributed by atoms with Gasteiger partial charge < -0.3 is 5.32 Å². The van der Waals surface area contributed by atoms with Crippen LogP contribution >= 0.6 is 0 Å². The van der Waals surface area contributed by atoms with Crippen LogP contribution in [-0.4, -0.2) is 28.7 Å². The number of aromatic nitrogens is 3. The van der Waals surface area contributed by atoms with Crippen LogP contribution in [0.2, 0.25) is 0 Å². The van der Waals surface area contributed by atoms with E-state index < -0.39 is 44.9 Å². The first-order chi connectivity index (χ1) is 20.2. The smallest absolute Gasteiger partial charge is 0.326 e. The lowest BCUT2D eigenvalue weighted by Crippen LogP contribution is -2.27. The number of alkyl halides is 3. The summed E-state index contributed by atoms with van der Waals surface area (Å²) in [5.74, 6) is -1.06. The number of aryl methyl sites for hydroxylation is 1. The molecule has 0 atom stereocenters. The third-order valence-corrected chi connectivity index (χ3v) is 7.68. The number of hydrogen-bond acceptors (Lipinski definition) is 5. The van der Waals surface area contributed by atoms with Crippen molar-refractivity contribution in [3.8, 4) is 16.8 Å². The first-order valence-electron chi connectivity index (χ1n) is 13.3. The Morgan fingerprint density at radius 1 is 1.05 bits per heavy atom. The molecule has 14 heteroatoms. The van der Waals surface area contributed by atoms with Gasteiger partial charge in [-0.3, -0.25) is 9.36 Å². The van der Waals surface area contributed by atoms with Crippen molar-refractivity contribution in [3.05, 3.63) is 93.9 Å². The molecular formula is C29H29F4N5O4S. The van der Waals surface area contributed by atoms with Crippen LogP contribution in [0.1, 0.15) is 50.1 Å². The summed E-state index contributed by atoms with van der Waals surface area (Å²) in [6.45, 7) is 3.12. The molecule has 4 aromatic rings. The van der Waals surface area contributed by atoms with Gasteiger partial charge in [0.15, 0.2) is 0 Å². The predicted molar refractivity (Wildman–Crippen MR) is 153 cm³/mol. The normalized spacial score (nSPS) is 12.0. The minimum absolute atomic E-state index is 0.0243. The summed E-state index contributed by atoms with van der Waals surface area (Å²) in [5.41, 5.74) is -2.18. The molecule has 43 heavy (non-hydrogen) atoms. The number of benzene rings is 3. The topological polar surface area (TPSA) is 129 Å². The second kappa shape index (κ2) is 12.5. The summed E-state index contributed by atoms with van der Waals surface area (Å²) in [6.07, 6.45) is -3.27. The maximum Gasteiger partial charge on any atom is 0.418 e. The Bertz CT molecular complexity index is 1830. The molecule has 0 aliphatic rings. The SMILES string of the molecule is CCCCc1nn(-c2cc(NC(=O)CC)ccc2C(F)(F)F)c(=O)n1Cc1ccc(-c2ccccc2S(N)(=O)=O)cc1F. The molecule has 0 saturated carbocycles. The molecule has 4 rings (SSSR count). The van der Waals surface area contributed by atoms with Gasteiger partial charge in [0.25, 0.3) is 0 Å². The van der Waals surface area contributed by atoms with Gasteiger partial charge in [0.1, 0.15) is 11.6 Å². The average Bonchev–Trinajstić information content (AvgIpc) is 3.26. The largest absolute Gasteiger partial charge is 0.418 e. The van der Waals surface area contributed by atoms with Crippen molar-refractivity contribution in [2.24, 2.45) is 5.14 Å². The molecule has 0 spiro atoms. The second-order valence-corrected chi connectivity index (χ2v) is 11.3. The summed E-state index contributed by atoms with van der Waals surface area (Å²) in [6, 6.07) is 12.6. The molecule has 0 saturated heterocycles. The van der Waals surface area contributed by atoms with Gasteiger partial charge in [0.05, 0.1) is 22.7 Å². The zero-order chi connectivity index (χ0) is 31.5. The summed E-state index contributed by atoms with van der Waals surface area (Å²) >= 11 is 0. The summed E-state index contributed by atoms with van der Waals surface area (Å²) in [7, 11) is -4.10. The van der Waals surface area contributed by atoms with E-state index in [1.807, 2.05) is 6.92 Å². The molecule has 9 nitrogen and oxygen atoms in total. The Kier molecular flexibility index (Phi) is 9.21. The van der Waals surface area contributed by atoms with Crippen molar-refractivity contribution >= 4 is 21.6 Å². The summed E-state index contributed by atoms with van der Waals surface area (Å²) < 4.78 is 83.1. The highest BCUT2D eigenvalue weighted by atomic mass is 32.2. The molecule has 0 fully saturated rings. The van der Waals surface area contributed by atoms with E-state index in [2.05, 4.69) is 10.4 Å². The quantitative estimate of drug-likeness (QED) is 0.235. The molecule has 1 aromatic heterocycles. The molecule has 228 valence electrons. The van der Waals surface area contributed by atoms with Crippen LogP contribution in [0.4, 0.5) is 23.2 Å². The molecule has 1 amide bonds. The van der Waals surface area contributed by atoms with Crippen molar-refractivity contribution in [1.29, 1.82) is 0 Å². The molecular weight excluding hydrogens is 590 g/mol. The molecule has 0 bridgehead atoms. The number of hydrogen-bond donors (Lipinski definition) is 2. The lowest BCUT2D eigenvalue weighted by molar-refractivity contribution is -0.137. The molecule has 3 aromatic carbocycles. The van der Waals surface area contributed by atoms with Crippen LogP contribution in [0.25, 0.3) is 16.8 Å². The lowest BCUT2D eigenvalue weighted by Gasteiger charge is -2.14. The van der Waals surface area contributed by atoms with Crippen LogP contribution in [0.15, 0.2) is 70.4 Å². The third-order valence-electron chi connectivity index (χ3n) is 6.72. The van der Waals surface area contributed by atoms with Crippen LogP contribution in [0.5, 0.6) is 0 Å². The van der Waals surface area contributed by atoms with Crippen LogP contribution in [0.3, 0.4) is 0 Å². The zero-order valence-electron chi connectivity index (χ0n) is 23.3. The van der Waals surface area contributed by atoms with Gasteiger partial charge in [-0.05, 0) is 42.3 Å². The van der Waals surface area contributed by atoms with Crippen molar-refractivity contribution in [2.45, 2.75) is 57.1 Å². The Labute approximate surface area is 245 Å². The van der Waals surface area contributed by atoms with Crippen LogP contribution in [0, 0.1) is 5.82 Å². The monoisotopic (exact) mass is 619 g/mol. The summed E-state index contributed by atoms with van der Waals surface area (Å²) in [4.78, 5) is 25.3. The number of carbonyl (C=O) groups excluding carboxylic acids is 1. The standard InChI is InChI=1S/C29H29F4N5O4S/c1-3-5-10-26-36-38(24-16-20(35-27(39)4-2)13-14-22(24)29(31,32)33)28(40)37(26)17-19-12-11-18(15-23(19)30)21-8-6-7-9-25(21)43(34,41)42/h6-9,11-16H,3-5,10,17H2,1-2H3,(H,35,39)(H2,34,41,42). The second-order valence-electron chi connectivity index (χ2n) is 9.78. The van der Waals surface area contributed by atoms with Gasteiger partial charge in [-0.1, -0.05) is 50.6 Å². The molecule has 0 radical (unpaired) electrons. The maximum absolute atomic E-state index is 15.4. The molecule has 3 N–H and O–H groups in total. The van der Waals surface area contributed by atoms with E-state index in [9.17, 15) is 31.2 Å². The van der Waals surface area contributed by atoms with E-state index in [-0.39, 0.29) is 52.5 Å². The minimum atomic E-state index is -4.84. The Morgan fingerprint density at radius 3 is 2.40 bits per heavy atom. The molecule has 0 aliphatic carbocycles. The van der Waals surface area contributed by atoms with Gasteiger partial charge >= 0.3 is 11.9 Å². The number of anilines is 1. The number of nitrogens with one attached hydrogen (secondary N) is 1. The lowest BCUT2D eigenvalue weighted by atomic mass is 10.0. The van der Waals surface area contributed by atoms with Crippen molar-refractivity contribution in [2.75, 3.05) is 5.32 Å². The van der Waals surface area contributed by atoms with E-state index in [1.54, 1.807) is 13.0 Å². The number of halogens is 4. The van der Waals surface area contributed by atoms with Gasteiger partial charge in [-0.25, -0.2) is 22.7 Å². The Morgan fingerprint density at radius 2 is 1.77 bits per heavy atom. The fraction of sp³-hybridized carbons (Fsp3) is 0.276. The number of nitrogens with zero attached hydrogens (tertiary/aromatic N) is 3. The first kappa shape index (κ1) is 31.6. The number of carbonyl (C=O) groups is 1. The van der Waals surface area contributed by atoms with Crippen molar-refractivity contribution in [1.82, 2.24) is 14.3 Å².